The summed E-state index contributed by atoms with van der Waals surface area (Å²) in [6, 6.07) is 0.0648. The fraction of sp³-hybridized carbons (Fsp3) is 0.800. The van der Waals surface area contributed by atoms with E-state index in [1.807, 2.05) is 20.8 Å². The SMILES string of the molecule is CCC(=O)N1C(=O)C(C)(C)C[C@H]1C. The Bertz CT molecular complexity index is 245. The van der Waals surface area contributed by atoms with E-state index >= 15 is 0 Å². The van der Waals surface area contributed by atoms with Crippen LogP contribution in [0.1, 0.15) is 40.5 Å². The van der Waals surface area contributed by atoms with E-state index in [2.05, 4.69) is 0 Å². The molecule has 0 N–H and O–H groups in total. The predicted molar refractivity (Wildman–Crippen MR) is 50.0 cm³/mol. The van der Waals surface area contributed by atoms with Gasteiger partial charge in [-0.2, -0.15) is 0 Å². The lowest BCUT2D eigenvalue weighted by Crippen LogP contribution is -2.38. The minimum Gasteiger partial charge on any atom is -0.279 e. The predicted octanol–water partition coefficient (Wildman–Crippen LogP) is 1.57. The number of rotatable bonds is 1. The molecule has 1 fully saturated rings. The van der Waals surface area contributed by atoms with Crippen molar-refractivity contribution in [3.8, 4) is 0 Å². The Morgan fingerprint density at radius 3 is 2.46 bits per heavy atom. The van der Waals surface area contributed by atoms with E-state index in [9.17, 15) is 9.59 Å². The van der Waals surface area contributed by atoms with Gasteiger partial charge in [-0.15, -0.1) is 0 Å². The molecular weight excluding hydrogens is 166 g/mol. The molecule has 0 aromatic rings. The van der Waals surface area contributed by atoms with Crippen molar-refractivity contribution in [1.82, 2.24) is 4.90 Å². The second kappa shape index (κ2) is 3.13. The van der Waals surface area contributed by atoms with Gasteiger partial charge in [-0.1, -0.05) is 20.8 Å². The van der Waals surface area contributed by atoms with E-state index < -0.39 is 0 Å². The molecule has 2 amide bonds. The fourth-order valence-corrected chi connectivity index (χ4v) is 1.97. The highest BCUT2D eigenvalue weighted by atomic mass is 16.2. The number of amides is 2. The molecule has 0 unspecified atom stereocenters. The molecule has 1 aliphatic heterocycles. The van der Waals surface area contributed by atoms with Crippen molar-refractivity contribution < 1.29 is 9.59 Å². The van der Waals surface area contributed by atoms with Crippen LogP contribution >= 0.6 is 0 Å². The standard InChI is InChI=1S/C10H17NO2/c1-5-8(12)11-7(2)6-10(3,4)9(11)13/h7H,5-6H2,1-4H3/t7-/m1/s1. The molecule has 0 aromatic carbocycles. The molecule has 1 heterocycles. The summed E-state index contributed by atoms with van der Waals surface area (Å²) < 4.78 is 0. The first-order valence-electron chi connectivity index (χ1n) is 4.76. The largest absolute Gasteiger partial charge is 0.279 e. The van der Waals surface area contributed by atoms with Crippen LogP contribution < -0.4 is 0 Å². The molecule has 0 aromatic heterocycles. The van der Waals surface area contributed by atoms with E-state index in [1.165, 1.54) is 4.90 Å². The average molecular weight is 183 g/mol. The third-order valence-corrected chi connectivity index (χ3v) is 2.62. The Labute approximate surface area is 79.1 Å². The molecule has 0 saturated carbocycles. The lowest BCUT2D eigenvalue weighted by molar-refractivity contribution is -0.146. The van der Waals surface area contributed by atoms with Gasteiger partial charge >= 0.3 is 0 Å². The highest BCUT2D eigenvalue weighted by Crippen LogP contribution is 2.35. The molecule has 0 radical (unpaired) electrons. The van der Waals surface area contributed by atoms with Gasteiger partial charge in [0.2, 0.25) is 11.8 Å². The zero-order chi connectivity index (χ0) is 10.2. The maximum atomic E-state index is 11.7. The van der Waals surface area contributed by atoms with E-state index in [-0.39, 0.29) is 23.3 Å². The summed E-state index contributed by atoms with van der Waals surface area (Å²) in [4.78, 5) is 24.6. The van der Waals surface area contributed by atoms with Gasteiger partial charge in [-0.05, 0) is 13.3 Å². The maximum Gasteiger partial charge on any atom is 0.235 e. The summed E-state index contributed by atoms with van der Waals surface area (Å²) in [6.07, 6.45) is 1.18. The monoisotopic (exact) mass is 183 g/mol. The van der Waals surface area contributed by atoms with Crippen molar-refractivity contribution in [3.63, 3.8) is 0 Å². The number of carbonyl (C=O) groups excluding carboxylic acids is 2. The van der Waals surface area contributed by atoms with E-state index in [0.29, 0.717) is 6.42 Å². The number of nitrogens with zero attached hydrogens (tertiary/aromatic N) is 1. The van der Waals surface area contributed by atoms with Crippen LogP contribution in [0.4, 0.5) is 0 Å². The van der Waals surface area contributed by atoms with Gasteiger partial charge in [0.1, 0.15) is 0 Å². The summed E-state index contributed by atoms with van der Waals surface area (Å²) in [6.45, 7) is 7.51. The van der Waals surface area contributed by atoms with Crippen molar-refractivity contribution >= 4 is 11.8 Å². The molecule has 1 saturated heterocycles. The zero-order valence-corrected chi connectivity index (χ0v) is 8.76. The lowest BCUT2D eigenvalue weighted by Gasteiger charge is -2.19. The average Bonchev–Trinajstić information content (AvgIpc) is 2.21. The Kier molecular flexibility index (Phi) is 2.46. The van der Waals surface area contributed by atoms with Gasteiger partial charge in [0.25, 0.3) is 0 Å². The third-order valence-electron chi connectivity index (χ3n) is 2.62. The molecule has 1 atom stereocenters. The van der Waals surface area contributed by atoms with Crippen molar-refractivity contribution in [2.24, 2.45) is 5.41 Å². The van der Waals surface area contributed by atoms with E-state index in [1.54, 1.807) is 6.92 Å². The summed E-state index contributed by atoms with van der Waals surface area (Å²) in [7, 11) is 0. The van der Waals surface area contributed by atoms with Crippen LogP contribution in [0.3, 0.4) is 0 Å². The van der Waals surface area contributed by atoms with E-state index in [4.69, 9.17) is 0 Å². The topological polar surface area (TPSA) is 37.4 Å². The van der Waals surface area contributed by atoms with Gasteiger partial charge < -0.3 is 0 Å². The summed E-state index contributed by atoms with van der Waals surface area (Å²) in [5, 5.41) is 0. The highest BCUT2D eigenvalue weighted by Gasteiger charge is 2.45. The third kappa shape index (κ3) is 1.60. The Hall–Kier alpha value is -0.860. The van der Waals surface area contributed by atoms with Crippen LogP contribution in [-0.2, 0) is 9.59 Å². The molecule has 1 aliphatic rings. The van der Waals surface area contributed by atoms with E-state index in [0.717, 1.165) is 6.42 Å². The number of carbonyl (C=O) groups is 2. The molecule has 0 aliphatic carbocycles. The van der Waals surface area contributed by atoms with Crippen LogP contribution in [0.25, 0.3) is 0 Å². The second-order valence-electron chi connectivity index (χ2n) is 4.36. The number of hydrogen-bond donors (Lipinski definition) is 0. The maximum absolute atomic E-state index is 11.7. The molecule has 0 bridgehead atoms. The number of hydrogen-bond acceptors (Lipinski definition) is 2. The smallest absolute Gasteiger partial charge is 0.235 e. The molecule has 3 heteroatoms. The van der Waals surface area contributed by atoms with Crippen LogP contribution in [0.15, 0.2) is 0 Å². The van der Waals surface area contributed by atoms with Gasteiger partial charge in [-0.25, -0.2) is 0 Å². The first-order chi connectivity index (χ1) is 5.90. The Morgan fingerprint density at radius 1 is 1.62 bits per heavy atom. The fourth-order valence-electron chi connectivity index (χ4n) is 1.97. The first kappa shape index (κ1) is 10.2. The summed E-state index contributed by atoms with van der Waals surface area (Å²) in [5.74, 6) is -0.0741. The molecule has 1 rings (SSSR count). The van der Waals surface area contributed by atoms with Crippen molar-refractivity contribution in [1.29, 1.82) is 0 Å². The van der Waals surface area contributed by atoms with Gasteiger partial charge in [0, 0.05) is 17.9 Å². The van der Waals surface area contributed by atoms with Crippen LogP contribution in [0, 0.1) is 5.41 Å². The molecular formula is C10H17NO2. The van der Waals surface area contributed by atoms with Crippen LogP contribution in [-0.4, -0.2) is 22.8 Å². The zero-order valence-electron chi connectivity index (χ0n) is 8.76. The molecule has 74 valence electrons. The molecule has 3 nitrogen and oxygen atoms in total. The minimum absolute atomic E-state index is 0.0214. The van der Waals surface area contributed by atoms with Gasteiger partial charge in [0.15, 0.2) is 0 Å². The summed E-state index contributed by atoms with van der Waals surface area (Å²) in [5.41, 5.74) is -0.357. The normalized spacial score (nSPS) is 26.6. The molecule has 0 spiro atoms. The van der Waals surface area contributed by atoms with Crippen LogP contribution in [0.2, 0.25) is 0 Å². The van der Waals surface area contributed by atoms with Gasteiger partial charge in [0.05, 0.1) is 0 Å². The lowest BCUT2D eigenvalue weighted by atomic mass is 9.90. The van der Waals surface area contributed by atoms with Crippen LogP contribution in [0.5, 0.6) is 0 Å². The second-order valence-corrected chi connectivity index (χ2v) is 4.36. The van der Waals surface area contributed by atoms with Crippen molar-refractivity contribution in [3.05, 3.63) is 0 Å². The highest BCUT2D eigenvalue weighted by molar-refractivity contribution is 5.99. The quantitative estimate of drug-likeness (QED) is 0.618. The van der Waals surface area contributed by atoms with Crippen molar-refractivity contribution in [2.75, 3.05) is 0 Å². The Balaban J connectivity index is 2.89. The number of likely N-dealkylation sites (tertiary alicyclic amines) is 1. The van der Waals surface area contributed by atoms with Gasteiger partial charge in [-0.3, -0.25) is 14.5 Å². The van der Waals surface area contributed by atoms with Crippen molar-refractivity contribution in [2.45, 2.75) is 46.6 Å². The number of imide groups is 1. The molecule has 13 heavy (non-hydrogen) atoms. The minimum atomic E-state index is -0.357. The summed E-state index contributed by atoms with van der Waals surface area (Å²) >= 11 is 0. The first-order valence-corrected chi connectivity index (χ1v) is 4.76. The Morgan fingerprint density at radius 2 is 2.15 bits per heavy atom.